The number of rotatable bonds is 8. The second kappa shape index (κ2) is 9.35. The summed E-state index contributed by atoms with van der Waals surface area (Å²) in [7, 11) is -5.83. The molecule has 11 heteroatoms. The van der Waals surface area contributed by atoms with Gasteiger partial charge in [-0.2, -0.15) is 4.31 Å². The van der Waals surface area contributed by atoms with E-state index in [-0.39, 0.29) is 16.4 Å². The molecule has 0 unspecified atom stereocenters. The van der Waals surface area contributed by atoms with Gasteiger partial charge in [-0.15, -0.1) is 0 Å². The molecule has 0 saturated carbocycles. The molecule has 168 valence electrons. The summed E-state index contributed by atoms with van der Waals surface area (Å²) < 4.78 is 58.1. The van der Waals surface area contributed by atoms with Gasteiger partial charge in [-0.1, -0.05) is 6.07 Å². The summed E-state index contributed by atoms with van der Waals surface area (Å²) in [5, 5.41) is 2.63. The van der Waals surface area contributed by atoms with E-state index in [1.807, 2.05) is 0 Å². The number of hydrogen-bond acceptors (Lipinski definition) is 6. The smallest absolute Gasteiger partial charge is 0.262 e. The Morgan fingerprint density at radius 2 is 1.61 bits per heavy atom. The van der Waals surface area contributed by atoms with Crippen LogP contribution in [0.1, 0.15) is 18.4 Å². The van der Waals surface area contributed by atoms with Crippen molar-refractivity contribution in [2.45, 2.75) is 29.6 Å². The number of nitrogens with zero attached hydrogens (tertiary/aromatic N) is 1. The summed E-state index contributed by atoms with van der Waals surface area (Å²) in [6.07, 6.45) is 1.72. The van der Waals surface area contributed by atoms with Crippen molar-refractivity contribution in [3.63, 3.8) is 0 Å². The first-order valence-corrected chi connectivity index (χ1v) is 12.6. The van der Waals surface area contributed by atoms with E-state index < -0.39 is 26.0 Å². The molecule has 1 saturated heterocycles. The molecule has 31 heavy (non-hydrogen) atoms. The van der Waals surface area contributed by atoms with E-state index >= 15 is 0 Å². The highest BCUT2D eigenvalue weighted by Gasteiger charge is 2.27. The SMILES string of the molecule is CNS(=O)(=O)c1ccc(C)c(NC(=O)COc2ccc(S(=O)(=O)N3CCCC3)cc2)c1. The average Bonchev–Trinajstić information content (AvgIpc) is 3.30. The van der Waals surface area contributed by atoms with Crippen LogP contribution in [0.2, 0.25) is 0 Å². The summed E-state index contributed by atoms with van der Waals surface area (Å²) >= 11 is 0. The van der Waals surface area contributed by atoms with Crippen molar-refractivity contribution in [1.29, 1.82) is 0 Å². The molecule has 2 aromatic carbocycles. The first-order valence-electron chi connectivity index (χ1n) is 9.70. The quantitative estimate of drug-likeness (QED) is 0.609. The Morgan fingerprint density at radius 1 is 1.00 bits per heavy atom. The molecule has 0 atom stereocenters. The molecular formula is C20H25N3O6S2. The number of hydrogen-bond donors (Lipinski definition) is 2. The van der Waals surface area contributed by atoms with Crippen LogP contribution in [0.3, 0.4) is 0 Å². The van der Waals surface area contributed by atoms with Gasteiger partial charge < -0.3 is 10.1 Å². The van der Waals surface area contributed by atoms with Crippen molar-refractivity contribution in [1.82, 2.24) is 9.03 Å². The number of benzene rings is 2. The van der Waals surface area contributed by atoms with Gasteiger partial charge in [0.2, 0.25) is 20.0 Å². The molecule has 1 amide bonds. The monoisotopic (exact) mass is 467 g/mol. The van der Waals surface area contributed by atoms with Crippen LogP contribution in [-0.4, -0.2) is 53.8 Å². The van der Waals surface area contributed by atoms with E-state index in [2.05, 4.69) is 10.0 Å². The van der Waals surface area contributed by atoms with Crippen molar-refractivity contribution in [3.8, 4) is 5.75 Å². The third kappa shape index (κ3) is 5.42. The number of anilines is 1. The Morgan fingerprint density at radius 3 is 2.23 bits per heavy atom. The number of amides is 1. The summed E-state index contributed by atoms with van der Waals surface area (Å²) in [5.74, 6) is -0.130. The van der Waals surface area contributed by atoms with Crippen molar-refractivity contribution in [2.24, 2.45) is 0 Å². The Balaban J connectivity index is 1.62. The molecule has 1 fully saturated rings. The van der Waals surface area contributed by atoms with Gasteiger partial charge in [-0.05, 0) is 68.8 Å². The van der Waals surface area contributed by atoms with E-state index in [0.29, 0.717) is 30.1 Å². The molecule has 0 aromatic heterocycles. The fourth-order valence-electron chi connectivity index (χ4n) is 3.14. The number of ether oxygens (including phenoxy) is 1. The fraction of sp³-hybridized carbons (Fsp3) is 0.350. The van der Waals surface area contributed by atoms with Gasteiger partial charge in [0.05, 0.1) is 9.79 Å². The number of carbonyl (C=O) groups is 1. The second-order valence-electron chi connectivity index (χ2n) is 7.10. The molecule has 0 radical (unpaired) electrons. The number of nitrogens with one attached hydrogen (secondary N) is 2. The Labute approximate surface area is 182 Å². The highest BCUT2D eigenvalue weighted by atomic mass is 32.2. The van der Waals surface area contributed by atoms with E-state index in [4.69, 9.17) is 4.74 Å². The van der Waals surface area contributed by atoms with Gasteiger partial charge in [0.15, 0.2) is 6.61 Å². The van der Waals surface area contributed by atoms with Gasteiger partial charge >= 0.3 is 0 Å². The van der Waals surface area contributed by atoms with Crippen LogP contribution in [0.15, 0.2) is 52.3 Å². The van der Waals surface area contributed by atoms with Crippen LogP contribution in [-0.2, 0) is 24.8 Å². The van der Waals surface area contributed by atoms with Crippen LogP contribution in [0.4, 0.5) is 5.69 Å². The summed E-state index contributed by atoms with van der Waals surface area (Å²) in [5.41, 5.74) is 1.05. The lowest BCUT2D eigenvalue weighted by Gasteiger charge is -2.15. The highest BCUT2D eigenvalue weighted by Crippen LogP contribution is 2.23. The number of carbonyl (C=O) groups excluding carboxylic acids is 1. The minimum atomic E-state index is -3.64. The molecule has 9 nitrogen and oxygen atoms in total. The topological polar surface area (TPSA) is 122 Å². The lowest BCUT2D eigenvalue weighted by atomic mass is 10.2. The fourth-order valence-corrected chi connectivity index (χ4v) is 5.41. The van der Waals surface area contributed by atoms with Crippen molar-refractivity contribution in [3.05, 3.63) is 48.0 Å². The molecule has 2 N–H and O–H groups in total. The van der Waals surface area contributed by atoms with Crippen LogP contribution in [0.5, 0.6) is 5.75 Å². The highest BCUT2D eigenvalue weighted by molar-refractivity contribution is 7.89. The third-order valence-corrected chi connectivity index (χ3v) is 8.28. The van der Waals surface area contributed by atoms with Crippen LogP contribution < -0.4 is 14.8 Å². The Bertz CT molecular complexity index is 1160. The predicted molar refractivity (Wildman–Crippen MR) is 116 cm³/mol. The van der Waals surface area contributed by atoms with Gasteiger partial charge in [0.1, 0.15) is 5.75 Å². The molecule has 3 rings (SSSR count). The molecule has 1 aliphatic rings. The molecular weight excluding hydrogens is 442 g/mol. The minimum absolute atomic E-state index is 0.0339. The summed E-state index contributed by atoms with van der Waals surface area (Å²) in [6, 6.07) is 10.3. The van der Waals surface area contributed by atoms with Crippen LogP contribution >= 0.6 is 0 Å². The maximum absolute atomic E-state index is 12.5. The molecule has 0 spiro atoms. The van der Waals surface area contributed by atoms with Gasteiger partial charge in [0, 0.05) is 18.8 Å². The molecule has 1 aliphatic heterocycles. The largest absolute Gasteiger partial charge is 0.484 e. The summed E-state index contributed by atoms with van der Waals surface area (Å²) in [4.78, 5) is 12.5. The first-order chi connectivity index (χ1) is 14.6. The van der Waals surface area contributed by atoms with E-state index in [0.717, 1.165) is 12.8 Å². The maximum Gasteiger partial charge on any atom is 0.262 e. The molecule has 2 aromatic rings. The van der Waals surface area contributed by atoms with Crippen molar-refractivity contribution >= 4 is 31.6 Å². The van der Waals surface area contributed by atoms with Crippen molar-refractivity contribution in [2.75, 3.05) is 32.1 Å². The average molecular weight is 468 g/mol. The van der Waals surface area contributed by atoms with Crippen LogP contribution in [0.25, 0.3) is 0 Å². The summed E-state index contributed by atoms with van der Waals surface area (Å²) in [6.45, 7) is 2.47. The Kier molecular flexibility index (Phi) is 6.99. The second-order valence-corrected chi connectivity index (χ2v) is 10.9. The minimum Gasteiger partial charge on any atom is -0.484 e. The van der Waals surface area contributed by atoms with Crippen molar-refractivity contribution < 1.29 is 26.4 Å². The molecule has 0 aliphatic carbocycles. The van der Waals surface area contributed by atoms with E-state index in [9.17, 15) is 21.6 Å². The van der Waals surface area contributed by atoms with Gasteiger partial charge in [-0.25, -0.2) is 21.6 Å². The Hall–Kier alpha value is -2.47. The normalized spacial score (nSPS) is 15.0. The zero-order valence-electron chi connectivity index (χ0n) is 17.3. The van der Waals surface area contributed by atoms with E-state index in [1.54, 1.807) is 13.0 Å². The zero-order valence-corrected chi connectivity index (χ0v) is 18.9. The van der Waals surface area contributed by atoms with Gasteiger partial charge in [0.25, 0.3) is 5.91 Å². The van der Waals surface area contributed by atoms with E-state index in [1.165, 1.54) is 47.8 Å². The number of aryl methyl sites for hydroxylation is 1. The molecule has 0 bridgehead atoms. The lowest BCUT2D eigenvalue weighted by molar-refractivity contribution is -0.118. The predicted octanol–water partition coefficient (Wildman–Crippen LogP) is 1.71. The van der Waals surface area contributed by atoms with Crippen LogP contribution in [0, 0.1) is 6.92 Å². The maximum atomic E-state index is 12.5. The lowest BCUT2D eigenvalue weighted by Crippen LogP contribution is -2.27. The third-order valence-electron chi connectivity index (χ3n) is 4.96. The first kappa shape index (κ1) is 23.2. The zero-order chi connectivity index (χ0) is 22.6. The number of sulfonamides is 2. The standard InChI is InChI=1S/C20H25N3O6S2/c1-15-5-8-18(30(25,26)21-2)13-19(15)22-20(24)14-29-16-6-9-17(10-7-16)31(27,28)23-11-3-4-12-23/h5-10,13,21H,3-4,11-12,14H2,1-2H3,(H,22,24). The molecule has 1 heterocycles. The van der Waals surface area contributed by atoms with Gasteiger partial charge in [-0.3, -0.25) is 4.79 Å².